The second kappa shape index (κ2) is 9.73. The Morgan fingerprint density at radius 3 is 2.73 bits per heavy atom. The van der Waals surface area contributed by atoms with Gasteiger partial charge in [0, 0.05) is 51.1 Å². The number of hydrogen-bond acceptors (Lipinski definition) is 4. The predicted octanol–water partition coefficient (Wildman–Crippen LogP) is 3.08. The van der Waals surface area contributed by atoms with E-state index in [2.05, 4.69) is 22.5 Å². The molecule has 1 aromatic carbocycles. The summed E-state index contributed by atoms with van der Waals surface area (Å²) in [4.78, 5) is 17.5. The molecule has 3 heterocycles. The molecule has 3 aliphatic rings. The fraction of sp³-hybridized carbons (Fsp3) is 0.435. The standard InChI is InChI=1S/C23H30N4O2S/c1-2-11-26-12-8-22(9-13-26)30(29)21-5-3-18(4-6-21)14-25-23(28)27-16-19-7-10-24-15-20(19)17-27/h3-7,10,15-16,22,24H,2,8-9,11-14,17H2,1H3,(H,25,28). The zero-order chi connectivity index (χ0) is 20.9. The fourth-order valence-corrected chi connectivity index (χ4v) is 5.57. The molecule has 1 saturated heterocycles. The summed E-state index contributed by atoms with van der Waals surface area (Å²) < 4.78 is 12.9. The van der Waals surface area contributed by atoms with Crippen LogP contribution in [-0.2, 0) is 17.7 Å². The van der Waals surface area contributed by atoms with Gasteiger partial charge in [-0.25, -0.2) is 4.79 Å². The molecule has 2 N–H and O–H groups in total. The number of allylic oxidation sites excluding steroid dienone is 1. The molecule has 4 rings (SSSR count). The molecule has 6 nitrogen and oxygen atoms in total. The first kappa shape index (κ1) is 21.0. The third kappa shape index (κ3) is 4.91. The third-order valence-electron chi connectivity index (χ3n) is 5.86. The van der Waals surface area contributed by atoms with E-state index < -0.39 is 11.2 Å². The Labute approximate surface area is 181 Å². The number of amides is 2. The van der Waals surface area contributed by atoms with Crippen LogP contribution in [-0.4, -0.2) is 51.8 Å². The van der Waals surface area contributed by atoms with Crippen LogP contribution < -0.4 is 10.6 Å². The van der Waals surface area contributed by atoms with Crippen molar-refractivity contribution in [3.8, 4) is 0 Å². The van der Waals surface area contributed by atoms with Crippen molar-refractivity contribution >= 4 is 17.2 Å². The Kier molecular flexibility index (Phi) is 6.82. The second-order valence-corrected chi connectivity index (χ2v) is 9.76. The van der Waals surface area contributed by atoms with Crippen molar-refractivity contribution in [2.45, 2.75) is 42.9 Å². The highest BCUT2D eigenvalue weighted by molar-refractivity contribution is 7.92. The maximum Gasteiger partial charge on any atom is 0.322 e. The molecule has 0 aliphatic carbocycles. The molecule has 0 aromatic heterocycles. The summed E-state index contributed by atoms with van der Waals surface area (Å²) in [6.45, 7) is 6.46. The van der Waals surface area contributed by atoms with Crippen LogP contribution in [0, 0.1) is 0 Å². The summed E-state index contributed by atoms with van der Waals surface area (Å²) >= 11 is -0.965. The van der Waals surface area contributed by atoms with E-state index in [0.717, 1.165) is 54.1 Å². The van der Waals surface area contributed by atoms with Crippen LogP contribution in [0.2, 0.25) is 0 Å². The fourth-order valence-electron chi connectivity index (χ4n) is 4.14. The van der Waals surface area contributed by atoms with Gasteiger partial charge >= 0.3 is 6.03 Å². The molecule has 160 valence electrons. The molecule has 2 amide bonds. The van der Waals surface area contributed by atoms with Crippen molar-refractivity contribution < 1.29 is 9.35 Å². The molecular formula is C23H30N4O2S. The number of piperidine rings is 1. The summed E-state index contributed by atoms with van der Waals surface area (Å²) in [5, 5.41) is 6.26. The summed E-state index contributed by atoms with van der Waals surface area (Å²) in [5.41, 5.74) is 3.18. The van der Waals surface area contributed by atoms with Crippen molar-refractivity contribution in [3.63, 3.8) is 0 Å². The van der Waals surface area contributed by atoms with Crippen LogP contribution in [0.25, 0.3) is 0 Å². The smallest absolute Gasteiger partial charge is 0.322 e. The van der Waals surface area contributed by atoms with E-state index in [0.29, 0.717) is 13.1 Å². The van der Waals surface area contributed by atoms with Gasteiger partial charge in [-0.2, -0.15) is 0 Å². The average Bonchev–Trinajstić information content (AvgIpc) is 3.23. The molecule has 0 radical (unpaired) electrons. The van der Waals surface area contributed by atoms with E-state index in [-0.39, 0.29) is 11.3 Å². The van der Waals surface area contributed by atoms with E-state index in [9.17, 15) is 9.35 Å². The summed E-state index contributed by atoms with van der Waals surface area (Å²) in [5.74, 6) is 0. The zero-order valence-corrected chi connectivity index (χ0v) is 18.3. The maximum absolute atomic E-state index is 12.9. The number of benzene rings is 1. The first-order valence-corrected chi connectivity index (χ1v) is 12.0. The van der Waals surface area contributed by atoms with E-state index in [1.807, 2.05) is 48.9 Å². The molecule has 3 aliphatic heterocycles. The lowest BCUT2D eigenvalue weighted by atomic mass is 10.1. The molecule has 1 fully saturated rings. The van der Waals surface area contributed by atoms with Crippen LogP contribution in [0.4, 0.5) is 4.79 Å². The monoisotopic (exact) mass is 426 g/mol. The molecule has 1 atom stereocenters. The highest BCUT2D eigenvalue weighted by Crippen LogP contribution is 2.25. The van der Waals surface area contributed by atoms with Gasteiger partial charge in [-0.15, -0.1) is 0 Å². The van der Waals surface area contributed by atoms with Crippen molar-refractivity contribution in [2.75, 3.05) is 26.2 Å². The SMILES string of the molecule is CCCN1CCC([S+]([O-])c2ccc(CNC(=O)N3C=C4C=CNC=C4C3)cc2)CC1. The highest BCUT2D eigenvalue weighted by atomic mass is 32.2. The van der Waals surface area contributed by atoms with Crippen molar-refractivity contribution in [1.82, 2.24) is 20.4 Å². The zero-order valence-electron chi connectivity index (χ0n) is 17.5. The van der Waals surface area contributed by atoms with Gasteiger partial charge in [0.2, 0.25) is 0 Å². The van der Waals surface area contributed by atoms with Crippen molar-refractivity contribution in [1.29, 1.82) is 0 Å². The minimum absolute atomic E-state index is 0.113. The van der Waals surface area contributed by atoms with Crippen LogP contribution in [0.15, 0.2) is 65.0 Å². The van der Waals surface area contributed by atoms with Crippen LogP contribution in [0.1, 0.15) is 31.7 Å². The molecule has 1 aromatic rings. The Morgan fingerprint density at radius 2 is 2.03 bits per heavy atom. The summed E-state index contributed by atoms with van der Waals surface area (Å²) in [6.07, 6.45) is 10.8. The first-order valence-electron chi connectivity index (χ1n) is 10.7. The molecule has 30 heavy (non-hydrogen) atoms. The van der Waals surface area contributed by atoms with Gasteiger partial charge in [0.05, 0.1) is 6.54 Å². The quantitative estimate of drug-likeness (QED) is 0.686. The molecular weight excluding hydrogens is 396 g/mol. The number of fused-ring (bicyclic) bond motifs is 1. The number of urea groups is 1. The van der Waals surface area contributed by atoms with Crippen LogP contribution >= 0.6 is 0 Å². The van der Waals surface area contributed by atoms with Crippen molar-refractivity contribution in [2.24, 2.45) is 0 Å². The number of carbonyl (C=O) groups is 1. The highest BCUT2D eigenvalue weighted by Gasteiger charge is 2.29. The number of rotatable bonds is 6. The van der Waals surface area contributed by atoms with Gasteiger partial charge in [0.1, 0.15) is 5.25 Å². The molecule has 0 spiro atoms. The molecule has 1 unspecified atom stereocenters. The molecule has 0 saturated carbocycles. The third-order valence-corrected chi connectivity index (χ3v) is 7.67. The lowest BCUT2D eigenvalue weighted by Gasteiger charge is -2.32. The Balaban J connectivity index is 1.26. The van der Waals surface area contributed by atoms with Gasteiger partial charge < -0.3 is 20.1 Å². The second-order valence-electron chi connectivity index (χ2n) is 8.02. The summed E-state index contributed by atoms with van der Waals surface area (Å²) in [6, 6.07) is 7.72. The maximum atomic E-state index is 12.9. The number of nitrogens with zero attached hydrogens (tertiary/aromatic N) is 2. The number of carbonyl (C=O) groups excluding carboxylic acids is 1. The molecule has 7 heteroatoms. The number of dihydropyridines is 1. The Morgan fingerprint density at radius 1 is 1.27 bits per heavy atom. The minimum atomic E-state index is -0.965. The number of nitrogens with one attached hydrogen (secondary N) is 2. The topological polar surface area (TPSA) is 70.7 Å². The van der Waals surface area contributed by atoms with Gasteiger partial charge in [0.25, 0.3) is 0 Å². The molecule has 0 bridgehead atoms. The summed E-state index contributed by atoms with van der Waals surface area (Å²) in [7, 11) is 0. The van der Waals surface area contributed by atoms with E-state index in [4.69, 9.17) is 0 Å². The Bertz CT molecular complexity index is 841. The Hall–Kier alpha value is -2.22. The van der Waals surface area contributed by atoms with E-state index in [1.54, 1.807) is 4.90 Å². The number of hydrogen-bond donors (Lipinski definition) is 2. The van der Waals surface area contributed by atoms with Gasteiger partial charge in [-0.1, -0.05) is 19.1 Å². The van der Waals surface area contributed by atoms with Crippen LogP contribution in [0.3, 0.4) is 0 Å². The lowest BCUT2D eigenvalue weighted by molar-refractivity contribution is 0.219. The lowest BCUT2D eigenvalue weighted by Crippen LogP contribution is -2.39. The van der Waals surface area contributed by atoms with E-state index in [1.165, 1.54) is 6.42 Å². The van der Waals surface area contributed by atoms with Gasteiger partial charge in [0.15, 0.2) is 4.90 Å². The predicted molar refractivity (Wildman–Crippen MR) is 120 cm³/mol. The van der Waals surface area contributed by atoms with Gasteiger partial charge in [-0.05, 0) is 59.1 Å². The van der Waals surface area contributed by atoms with E-state index >= 15 is 0 Å². The van der Waals surface area contributed by atoms with Crippen molar-refractivity contribution in [3.05, 3.63) is 65.7 Å². The number of likely N-dealkylation sites (tertiary alicyclic amines) is 1. The largest absolute Gasteiger partial charge is 0.611 e. The minimum Gasteiger partial charge on any atom is -0.611 e. The van der Waals surface area contributed by atoms with Gasteiger partial charge in [-0.3, -0.25) is 4.90 Å². The first-order chi connectivity index (χ1) is 14.6. The normalized spacial score (nSPS) is 20.3. The van der Waals surface area contributed by atoms with Crippen LogP contribution in [0.5, 0.6) is 0 Å². The average molecular weight is 427 g/mol.